The number of hydrogen-bond acceptors (Lipinski definition) is 2. The fourth-order valence-electron chi connectivity index (χ4n) is 1.11. The number of unbranched alkanes of at least 4 members (excludes halogenated alkanes) is 1. The molecule has 0 aliphatic heterocycles. The lowest BCUT2D eigenvalue weighted by atomic mass is 10.1. The minimum Gasteiger partial charge on any atom is -0.381 e. The van der Waals surface area contributed by atoms with Gasteiger partial charge in [0.2, 0.25) is 0 Å². The molecule has 1 N–H and O–H groups in total. The van der Waals surface area contributed by atoms with Gasteiger partial charge < -0.3 is 10.1 Å². The summed E-state index contributed by atoms with van der Waals surface area (Å²) in [6, 6.07) is 0. The largest absolute Gasteiger partial charge is 0.381 e. The maximum Gasteiger partial charge on any atom is 0.0488 e. The van der Waals surface area contributed by atoms with E-state index in [1.165, 1.54) is 6.42 Å². The monoisotopic (exact) mass is 201 g/mol. The predicted molar refractivity (Wildman–Crippen MR) is 62.6 cm³/mol. The van der Waals surface area contributed by atoms with E-state index in [-0.39, 0.29) is 5.54 Å². The van der Waals surface area contributed by atoms with Crippen molar-refractivity contribution in [3.05, 3.63) is 0 Å². The van der Waals surface area contributed by atoms with Gasteiger partial charge in [-0.15, -0.1) is 0 Å². The highest BCUT2D eigenvalue weighted by atomic mass is 16.5. The number of rotatable bonds is 7. The Morgan fingerprint density at radius 1 is 1.14 bits per heavy atom. The van der Waals surface area contributed by atoms with Crippen LogP contribution < -0.4 is 5.32 Å². The number of nitrogens with one attached hydrogen (secondary N) is 1. The van der Waals surface area contributed by atoms with E-state index in [9.17, 15) is 0 Å². The van der Waals surface area contributed by atoms with E-state index >= 15 is 0 Å². The first-order chi connectivity index (χ1) is 6.42. The second-order valence-corrected chi connectivity index (χ2v) is 5.35. The zero-order chi connectivity index (χ0) is 11.0. The molecule has 0 spiro atoms. The van der Waals surface area contributed by atoms with Crippen molar-refractivity contribution in [3.8, 4) is 0 Å². The smallest absolute Gasteiger partial charge is 0.0488 e. The van der Waals surface area contributed by atoms with E-state index in [0.717, 1.165) is 26.2 Å². The Morgan fingerprint density at radius 3 is 2.29 bits per heavy atom. The molecule has 0 saturated heterocycles. The highest BCUT2D eigenvalue weighted by molar-refractivity contribution is 4.69. The van der Waals surface area contributed by atoms with Gasteiger partial charge in [-0.05, 0) is 46.1 Å². The lowest BCUT2D eigenvalue weighted by Crippen LogP contribution is -2.36. The molecule has 0 aromatic carbocycles. The fraction of sp³-hybridized carbons (Fsp3) is 1.00. The highest BCUT2D eigenvalue weighted by Crippen LogP contribution is 2.00. The molecule has 0 fully saturated rings. The third-order valence-electron chi connectivity index (χ3n) is 1.82. The molecule has 0 aromatic rings. The average Bonchev–Trinajstić information content (AvgIpc) is 2.00. The first-order valence-corrected chi connectivity index (χ1v) is 5.74. The molecular weight excluding hydrogens is 174 g/mol. The number of ether oxygens (including phenoxy) is 1. The summed E-state index contributed by atoms with van der Waals surface area (Å²) in [5, 5.41) is 3.47. The van der Waals surface area contributed by atoms with Crippen molar-refractivity contribution in [2.45, 2.75) is 53.0 Å². The molecule has 0 radical (unpaired) electrons. The van der Waals surface area contributed by atoms with Gasteiger partial charge >= 0.3 is 0 Å². The Labute approximate surface area is 89.4 Å². The van der Waals surface area contributed by atoms with Crippen molar-refractivity contribution in [3.63, 3.8) is 0 Å². The van der Waals surface area contributed by atoms with E-state index in [1.807, 2.05) is 0 Å². The van der Waals surface area contributed by atoms with Crippen molar-refractivity contribution in [2.24, 2.45) is 5.92 Å². The first kappa shape index (κ1) is 13.9. The fourth-order valence-corrected chi connectivity index (χ4v) is 1.11. The Balaban J connectivity index is 3.07. The van der Waals surface area contributed by atoms with E-state index in [0.29, 0.717) is 5.92 Å². The summed E-state index contributed by atoms with van der Waals surface area (Å²) in [6.45, 7) is 13.8. The molecule has 0 rings (SSSR count). The summed E-state index contributed by atoms with van der Waals surface area (Å²) in [5.41, 5.74) is 0.249. The molecule has 2 nitrogen and oxygen atoms in total. The van der Waals surface area contributed by atoms with Crippen LogP contribution in [0, 0.1) is 5.92 Å². The lowest BCUT2D eigenvalue weighted by molar-refractivity contribution is 0.106. The molecule has 0 amide bonds. The average molecular weight is 201 g/mol. The molecule has 0 saturated carbocycles. The van der Waals surface area contributed by atoms with Gasteiger partial charge in [0.25, 0.3) is 0 Å². The Hall–Kier alpha value is -0.0800. The maximum absolute atomic E-state index is 5.50. The molecule has 0 unspecified atom stereocenters. The van der Waals surface area contributed by atoms with Crippen LogP contribution in [0.1, 0.15) is 47.5 Å². The van der Waals surface area contributed by atoms with Crippen LogP contribution in [0.5, 0.6) is 0 Å². The molecule has 0 aromatic heterocycles. The molecule has 0 bridgehead atoms. The van der Waals surface area contributed by atoms with Crippen LogP contribution in [-0.2, 0) is 4.74 Å². The summed E-state index contributed by atoms with van der Waals surface area (Å²) in [4.78, 5) is 0. The first-order valence-electron chi connectivity index (χ1n) is 5.74. The van der Waals surface area contributed by atoms with Crippen LogP contribution in [0.2, 0.25) is 0 Å². The van der Waals surface area contributed by atoms with Gasteiger partial charge in [0.15, 0.2) is 0 Å². The van der Waals surface area contributed by atoms with E-state index in [1.54, 1.807) is 0 Å². The third kappa shape index (κ3) is 11.9. The van der Waals surface area contributed by atoms with Crippen molar-refractivity contribution in [1.82, 2.24) is 5.32 Å². The second-order valence-electron chi connectivity index (χ2n) is 5.35. The summed E-state index contributed by atoms with van der Waals surface area (Å²) in [5.74, 6) is 0.655. The van der Waals surface area contributed by atoms with Gasteiger partial charge in [-0.25, -0.2) is 0 Å². The van der Waals surface area contributed by atoms with Crippen LogP contribution >= 0.6 is 0 Å². The zero-order valence-electron chi connectivity index (χ0n) is 10.5. The Kier molecular flexibility index (Phi) is 7.20. The standard InChI is InChI=1S/C12H27NO/c1-11(2)10-14-9-7-6-8-13-12(3,4)5/h11,13H,6-10H2,1-5H3. The minimum atomic E-state index is 0.249. The summed E-state index contributed by atoms with van der Waals surface area (Å²) < 4.78 is 5.50. The summed E-state index contributed by atoms with van der Waals surface area (Å²) in [6.07, 6.45) is 2.37. The molecule has 14 heavy (non-hydrogen) atoms. The van der Waals surface area contributed by atoms with Crippen molar-refractivity contribution >= 4 is 0 Å². The van der Waals surface area contributed by atoms with E-state index in [4.69, 9.17) is 4.74 Å². The molecule has 0 atom stereocenters. The normalized spacial score (nSPS) is 12.4. The minimum absolute atomic E-state index is 0.249. The molecule has 0 aliphatic carbocycles. The number of hydrogen-bond donors (Lipinski definition) is 1. The summed E-state index contributed by atoms with van der Waals surface area (Å²) >= 11 is 0. The van der Waals surface area contributed by atoms with Gasteiger partial charge in [0, 0.05) is 18.8 Å². The van der Waals surface area contributed by atoms with E-state index < -0.39 is 0 Å². The lowest BCUT2D eigenvalue weighted by Gasteiger charge is -2.20. The van der Waals surface area contributed by atoms with Gasteiger partial charge in [0.05, 0.1) is 0 Å². The quantitative estimate of drug-likeness (QED) is 0.640. The van der Waals surface area contributed by atoms with Crippen LogP contribution in [0.4, 0.5) is 0 Å². The molecular formula is C12H27NO. The molecule has 86 valence electrons. The van der Waals surface area contributed by atoms with Crippen molar-refractivity contribution < 1.29 is 4.74 Å². The Morgan fingerprint density at radius 2 is 1.79 bits per heavy atom. The van der Waals surface area contributed by atoms with Gasteiger partial charge in [-0.2, -0.15) is 0 Å². The second kappa shape index (κ2) is 7.24. The van der Waals surface area contributed by atoms with Gasteiger partial charge in [0.1, 0.15) is 0 Å². The van der Waals surface area contributed by atoms with E-state index in [2.05, 4.69) is 39.9 Å². The van der Waals surface area contributed by atoms with Gasteiger partial charge in [-0.3, -0.25) is 0 Å². The van der Waals surface area contributed by atoms with Crippen LogP contribution in [-0.4, -0.2) is 25.3 Å². The Bertz CT molecular complexity index is 127. The molecule has 0 heterocycles. The predicted octanol–water partition coefficient (Wildman–Crippen LogP) is 2.83. The molecule has 2 heteroatoms. The van der Waals surface area contributed by atoms with Crippen LogP contribution in [0.3, 0.4) is 0 Å². The van der Waals surface area contributed by atoms with Crippen molar-refractivity contribution in [1.29, 1.82) is 0 Å². The summed E-state index contributed by atoms with van der Waals surface area (Å²) in [7, 11) is 0. The SMILES string of the molecule is CC(C)COCCCCNC(C)(C)C. The molecule has 0 aliphatic rings. The highest BCUT2D eigenvalue weighted by Gasteiger charge is 2.06. The van der Waals surface area contributed by atoms with Crippen LogP contribution in [0.25, 0.3) is 0 Å². The maximum atomic E-state index is 5.50. The van der Waals surface area contributed by atoms with Crippen molar-refractivity contribution in [2.75, 3.05) is 19.8 Å². The topological polar surface area (TPSA) is 21.3 Å². The van der Waals surface area contributed by atoms with Crippen LogP contribution in [0.15, 0.2) is 0 Å². The zero-order valence-corrected chi connectivity index (χ0v) is 10.5. The van der Waals surface area contributed by atoms with Gasteiger partial charge in [-0.1, -0.05) is 13.8 Å². The third-order valence-corrected chi connectivity index (χ3v) is 1.82.